The summed E-state index contributed by atoms with van der Waals surface area (Å²) in [5.74, 6) is 0. The van der Waals surface area contributed by atoms with Crippen molar-refractivity contribution in [3.8, 4) is 0 Å². The minimum Gasteiger partial charge on any atom is -0.394 e. The van der Waals surface area contributed by atoms with Crippen LogP contribution in [0.1, 0.15) is 34.1 Å². The van der Waals surface area contributed by atoms with E-state index in [4.69, 9.17) is 8.85 Å². The quantitative estimate of drug-likeness (QED) is 0.575. The molecule has 12 heavy (non-hydrogen) atoms. The third kappa shape index (κ3) is 3.69. The molecule has 0 amide bonds. The molecule has 0 aromatic rings. The summed E-state index contributed by atoms with van der Waals surface area (Å²) in [7, 11) is -1.77. The van der Waals surface area contributed by atoms with Crippen molar-refractivity contribution in [2.24, 2.45) is 0 Å². The third-order valence-electron chi connectivity index (χ3n) is 1.98. The summed E-state index contributed by atoms with van der Waals surface area (Å²) in [6.45, 7) is 10.0. The van der Waals surface area contributed by atoms with Crippen LogP contribution < -0.4 is 0 Å². The molecule has 0 aliphatic rings. The van der Waals surface area contributed by atoms with Crippen molar-refractivity contribution in [1.29, 1.82) is 0 Å². The molecular formula is C9H22O2Si. The van der Waals surface area contributed by atoms with E-state index in [1.54, 1.807) is 0 Å². The summed E-state index contributed by atoms with van der Waals surface area (Å²) < 4.78 is 11.6. The molecule has 0 saturated heterocycles. The van der Waals surface area contributed by atoms with Crippen molar-refractivity contribution in [2.45, 2.75) is 46.2 Å². The summed E-state index contributed by atoms with van der Waals surface area (Å²) >= 11 is 0. The molecule has 0 N–H and O–H groups in total. The predicted molar refractivity (Wildman–Crippen MR) is 54.6 cm³/mol. The maximum atomic E-state index is 5.78. The fourth-order valence-electron chi connectivity index (χ4n) is 1.47. The van der Waals surface area contributed by atoms with E-state index < -0.39 is 8.56 Å². The van der Waals surface area contributed by atoms with Crippen LogP contribution in [-0.2, 0) is 8.85 Å². The lowest BCUT2D eigenvalue weighted by Crippen LogP contribution is -2.41. The zero-order valence-electron chi connectivity index (χ0n) is 8.85. The number of hydrogen-bond acceptors (Lipinski definition) is 2. The van der Waals surface area contributed by atoms with Gasteiger partial charge in [0, 0.05) is 13.2 Å². The Morgan fingerprint density at radius 1 is 0.917 bits per heavy atom. The lowest BCUT2D eigenvalue weighted by Gasteiger charge is -2.28. The summed E-state index contributed by atoms with van der Waals surface area (Å²) in [5.41, 5.74) is 0. The summed E-state index contributed by atoms with van der Waals surface area (Å²) in [6.07, 6.45) is 1.17. The summed E-state index contributed by atoms with van der Waals surface area (Å²) in [5, 5.41) is 0. The highest BCUT2D eigenvalue weighted by Crippen LogP contribution is 2.20. The molecule has 0 fully saturated rings. The van der Waals surface area contributed by atoms with E-state index in [2.05, 4.69) is 13.8 Å². The summed E-state index contributed by atoms with van der Waals surface area (Å²) in [6, 6.07) is 2.20. The first kappa shape index (κ1) is 12.1. The molecule has 0 aliphatic carbocycles. The van der Waals surface area contributed by atoms with E-state index in [1.807, 2.05) is 13.8 Å². The second-order valence-corrected chi connectivity index (χ2v) is 6.49. The Morgan fingerprint density at radius 2 is 1.42 bits per heavy atom. The van der Waals surface area contributed by atoms with Gasteiger partial charge in [-0.3, -0.25) is 0 Å². The highest BCUT2D eigenvalue weighted by Gasteiger charge is 2.33. The topological polar surface area (TPSA) is 18.5 Å². The van der Waals surface area contributed by atoms with Gasteiger partial charge in [-0.05, 0) is 25.9 Å². The van der Waals surface area contributed by atoms with Crippen molar-refractivity contribution >= 4 is 8.56 Å². The Bertz CT molecular complexity index is 89.7. The highest BCUT2D eigenvalue weighted by atomic mass is 28.4. The van der Waals surface area contributed by atoms with Gasteiger partial charge in [-0.1, -0.05) is 20.3 Å². The van der Waals surface area contributed by atoms with E-state index in [0.29, 0.717) is 0 Å². The van der Waals surface area contributed by atoms with Gasteiger partial charge in [0.1, 0.15) is 0 Å². The van der Waals surface area contributed by atoms with Crippen molar-refractivity contribution in [1.82, 2.24) is 0 Å². The molecule has 0 aromatic carbocycles. The maximum Gasteiger partial charge on any atom is 0.337 e. The molecular weight excluding hydrogens is 168 g/mol. The van der Waals surface area contributed by atoms with Crippen LogP contribution in [0.15, 0.2) is 0 Å². The van der Waals surface area contributed by atoms with Crippen LogP contribution in [0.5, 0.6) is 0 Å². The molecule has 0 unspecified atom stereocenters. The lowest BCUT2D eigenvalue weighted by atomic mass is 10.6. The largest absolute Gasteiger partial charge is 0.394 e. The van der Waals surface area contributed by atoms with Crippen molar-refractivity contribution in [3.05, 3.63) is 0 Å². The Hall–Kier alpha value is 0.137. The maximum absolute atomic E-state index is 5.78. The number of rotatable bonds is 7. The van der Waals surface area contributed by atoms with Crippen molar-refractivity contribution in [2.75, 3.05) is 13.2 Å². The minimum absolute atomic E-state index is 0.792. The van der Waals surface area contributed by atoms with Gasteiger partial charge in [-0.15, -0.1) is 0 Å². The lowest BCUT2D eigenvalue weighted by molar-refractivity contribution is 0.183. The normalized spacial score (nSPS) is 12.0. The highest BCUT2D eigenvalue weighted by molar-refractivity contribution is 6.67. The van der Waals surface area contributed by atoms with Crippen LogP contribution in [0.2, 0.25) is 12.1 Å². The van der Waals surface area contributed by atoms with E-state index >= 15 is 0 Å². The van der Waals surface area contributed by atoms with Crippen LogP contribution in [0.3, 0.4) is 0 Å². The van der Waals surface area contributed by atoms with Crippen LogP contribution in [0, 0.1) is 0 Å². The molecule has 0 aromatic heterocycles. The molecule has 0 atom stereocenters. The van der Waals surface area contributed by atoms with Crippen molar-refractivity contribution in [3.63, 3.8) is 0 Å². The standard InChI is InChI=1S/C9H22O2Si/c1-5-9-12(8-4,10-6-2)11-7-3/h5-9H2,1-4H3. The Morgan fingerprint density at radius 3 is 1.67 bits per heavy atom. The molecule has 2 nitrogen and oxygen atoms in total. The molecule has 0 aliphatic heterocycles. The molecule has 3 heteroatoms. The van der Waals surface area contributed by atoms with Gasteiger partial charge >= 0.3 is 8.56 Å². The second kappa shape index (κ2) is 6.63. The van der Waals surface area contributed by atoms with Gasteiger partial charge < -0.3 is 8.85 Å². The molecule has 0 rings (SSSR count). The number of hydrogen-bond donors (Lipinski definition) is 0. The third-order valence-corrected chi connectivity index (χ3v) is 5.95. The fraction of sp³-hybridized carbons (Fsp3) is 1.00. The predicted octanol–water partition coefficient (Wildman–Crippen LogP) is 2.93. The van der Waals surface area contributed by atoms with Crippen LogP contribution in [-0.4, -0.2) is 21.8 Å². The van der Waals surface area contributed by atoms with Crippen LogP contribution >= 0.6 is 0 Å². The monoisotopic (exact) mass is 190 g/mol. The van der Waals surface area contributed by atoms with Crippen LogP contribution in [0.4, 0.5) is 0 Å². The zero-order valence-corrected chi connectivity index (χ0v) is 9.85. The van der Waals surface area contributed by atoms with E-state index in [0.717, 1.165) is 25.3 Å². The summed E-state index contributed by atoms with van der Waals surface area (Å²) in [4.78, 5) is 0. The van der Waals surface area contributed by atoms with Gasteiger partial charge in [0.2, 0.25) is 0 Å². The van der Waals surface area contributed by atoms with Crippen LogP contribution in [0.25, 0.3) is 0 Å². The molecule has 74 valence electrons. The first-order valence-corrected chi connectivity index (χ1v) is 7.25. The average Bonchev–Trinajstić information content (AvgIpc) is 2.06. The Labute approximate surface area is 77.5 Å². The first-order chi connectivity index (χ1) is 5.74. The van der Waals surface area contributed by atoms with Gasteiger partial charge in [-0.2, -0.15) is 0 Å². The van der Waals surface area contributed by atoms with Gasteiger partial charge in [0.25, 0.3) is 0 Å². The first-order valence-electron chi connectivity index (χ1n) is 5.02. The molecule has 0 bridgehead atoms. The molecule has 0 spiro atoms. The SMILES string of the molecule is CCC[Si](CC)(OCC)OCC. The van der Waals surface area contributed by atoms with E-state index in [9.17, 15) is 0 Å². The van der Waals surface area contributed by atoms with E-state index in [-0.39, 0.29) is 0 Å². The zero-order chi connectivity index (χ0) is 9.45. The van der Waals surface area contributed by atoms with Gasteiger partial charge in [-0.25, -0.2) is 0 Å². The molecule has 0 radical (unpaired) electrons. The van der Waals surface area contributed by atoms with Gasteiger partial charge in [0.15, 0.2) is 0 Å². The second-order valence-electron chi connectivity index (χ2n) is 2.88. The fourth-order valence-corrected chi connectivity index (χ4v) is 4.42. The van der Waals surface area contributed by atoms with E-state index in [1.165, 1.54) is 6.42 Å². The Balaban J connectivity index is 4.06. The Kier molecular flexibility index (Phi) is 6.71. The average molecular weight is 190 g/mol. The molecule has 0 heterocycles. The van der Waals surface area contributed by atoms with Crippen molar-refractivity contribution < 1.29 is 8.85 Å². The smallest absolute Gasteiger partial charge is 0.337 e. The minimum atomic E-state index is -1.77. The molecule has 0 saturated carbocycles. The van der Waals surface area contributed by atoms with Gasteiger partial charge in [0.05, 0.1) is 0 Å².